The van der Waals surface area contributed by atoms with E-state index in [0.29, 0.717) is 18.5 Å². The second-order valence-electron chi connectivity index (χ2n) is 7.49. The number of nitrogens with zero attached hydrogens (tertiary/aromatic N) is 1. The van der Waals surface area contributed by atoms with E-state index in [-0.39, 0.29) is 23.9 Å². The maximum absolute atomic E-state index is 12.2. The summed E-state index contributed by atoms with van der Waals surface area (Å²) in [6.07, 6.45) is 3.39. The SMILES string of the molecule is Nc1cccc(C=CCCNC(=O)OCC2c3ccccc3-c3ccccc32)c1[N+](=O)[O-]. The third kappa shape index (κ3) is 4.32. The average Bonchev–Trinajstić information content (AvgIpc) is 3.11. The van der Waals surface area contributed by atoms with Crippen LogP contribution in [0.1, 0.15) is 29.0 Å². The number of para-hydroxylation sites is 1. The molecule has 32 heavy (non-hydrogen) atoms. The Labute approximate surface area is 185 Å². The number of ether oxygens (including phenoxy) is 1. The molecule has 0 saturated heterocycles. The quantitative estimate of drug-likeness (QED) is 0.235. The molecule has 0 heterocycles. The first-order valence-electron chi connectivity index (χ1n) is 10.3. The molecule has 7 nitrogen and oxygen atoms in total. The third-order valence-electron chi connectivity index (χ3n) is 5.50. The van der Waals surface area contributed by atoms with Gasteiger partial charge in [0.05, 0.1) is 10.5 Å². The van der Waals surface area contributed by atoms with E-state index in [0.717, 1.165) is 11.1 Å². The molecule has 3 aromatic rings. The number of hydrogen-bond acceptors (Lipinski definition) is 5. The lowest BCUT2D eigenvalue weighted by Gasteiger charge is -2.14. The van der Waals surface area contributed by atoms with Crippen LogP contribution in [0.4, 0.5) is 16.2 Å². The Kier molecular flexibility index (Phi) is 6.17. The number of benzene rings is 3. The van der Waals surface area contributed by atoms with Crippen LogP contribution >= 0.6 is 0 Å². The Morgan fingerprint density at radius 3 is 2.34 bits per heavy atom. The van der Waals surface area contributed by atoms with Crippen molar-refractivity contribution in [3.63, 3.8) is 0 Å². The zero-order chi connectivity index (χ0) is 22.5. The first-order chi connectivity index (χ1) is 15.6. The van der Waals surface area contributed by atoms with Gasteiger partial charge in [0.1, 0.15) is 12.3 Å². The molecule has 4 rings (SSSR count). The van der Waals surface area contributed by atoms with Crippen LogP contribution < -0.4 is 11.1 Å². The topological polar surface area (TPSA) is 107 Å². The Bertz CT molecular complexity index is 1140. The van der Waals surface area contributed by atoms with Crippen molar-refractivity contribution in [2.45, 2.75) is 12.3 Å². The van der Waals surface area contributed by atoms with Crippen LogP contribution in [0.5, 0.6) is 0 Å². The van der Waals surface area contributed by atoms with Gasteiger partial charge in [-0.1, -0.05) is 66.7 Å². The lowest BCUT2D eigenvalue weighted by atomic mass is 9.98. The number of rotatable bonds is 7. The van der Waals surface area contributed by atoms with Gasteiger partial charge in [0.15, 0.2) is 0 Å². The number of alkyl carbamates (subject to hydrolysis) is 1. The predicted octanol–water partition coefficient (Wildman–Crippen LogP) is 5.12. The van der Waals surface area contributed by atoms with Crippen LogP contribution in [-0.4, -0.2) is 24.2 Å². The van der Waals surface area contributed by atoms with E-state index < -0.39 is 11.0 Å². The molecule has 0 aromatic heterocycles. The summed E-state index contributed by atoms with van der Waals surface area (Å²) in [5, 5.41) is 13.9. The number of nitrogens with two attached hydrogens (primary N) is 1. The molecule has 7 heteroatoms. The first kappa shape index (κ1) is 21.1. The highest BCUT2D eigenvalue weighted by Crippen LogP contribution is 2.44. The molecule has 3 aromatic carbocycles. The van der Waals surface area contributed by atoms with Gasteiger partial charge < -0.3 is 15.8 Å². The number of anilines is 1. The molecule has 0 saturated carbocycles. The zero-order valence-corrected chi connectivity index (χ0v) is 17.4. The first-order valence-corrected chi connectivity index (χ1v) is 10.3. The summed E-state index contributed by atoms with van der Waals surface area (Å²) in [5.41, 5.74) is 10.8. The van der Waals surface area contributed by atoms with Gasteiger partial charge in [-0.05, 0) is 40.8 Å². The molecule has 1 aliphatic carbocycles. The Balaban J connectivity index is 1.29. The number of hydrogen-bond donors (Lipinski definition) is 2. The Hall–Kier alpha value is -4.13. The van der Waals surface area contributed by atoms with Crippen molar-refractivity contribution in [1.82, 2.24) is 5.32 Å². The lowest BCUT2D eigenvalue weighted by molar-refractivity contribution is -0.384. The Morgan fingerprint density at radius 1 is 1.03 bits per heavy atom. The molecular weight excluding hydrogens is 406 g/mol. The number of carbonyl (C=O) groups is 1. The van der Waals surface area contributed by atoms with E-state index in [1.807, 2.05) is 24.3 Å². The van der Waals surface area contributed by atoms with Crippen LogP contribution in [0, 0.1) is 10.1 Å². The summed E-state index contributed by atoms with van der Waals surface area (Å²) < 4.78 is 5.49. The molecule has 0 aliphatic heterocycles. The summed E-state index contributed by atoms with van der Waals surface area (Å²) in [5.74, 6) is 0.0112. The van der Waals surface area contributed by atoms with Crippen molar-refractivity contribution in [1.29, 1.82) is 0 Å². The van der Waals surface area contributed by atoms with E-state index in [1.165, 1.54) is 17.2 Å². The highest BCUT2D eigenvalue weighted by molar-refractivity contribution is 5.79. The number of nitrogen functional groups attached to an aromatic ring is 1. The maximum Gasteiger partial charge on any atom is 0.407 e. The fraction of sp³-hybridized carbons (Fsp3) is 0.160. The molecule has 1 aliphatic rings. The van der Waals surface area contributed by atoms with Crippen LogP contribution in [0.25, 0.3) is 17.2 Å². The predicted molar refractivity (Wildman–Crippen MR) is 124 cm³/mol. The summed E-state index contributed by atoms with van der Waals surface area (Å²) in [7, 11) is 0. The van der Waals surface area contributed by atoms with E-state index in [9.17, 15) is 14.9 Å². The number of amides is 1. The third-order valence-corrected chi connectivity index (χ3v) is 5.50. The van der Waals surface area contributed by atoms with Crippen molar-refractivity contribution >= 4 is 23.5 Å². The second-order valence-corrected chi connectivity index (χ2v) is 7.49. The average molecular weight is 429 g/mol. The fourth-order valence-electron chi connectivity index (χ4n) is 4.04. The van der Waals surface area contributed by atoms with E-state index in [2.05, 4.69) is 29.6 Å². The normalized spacial score (nSPS) is 12.4. The minimum atomic E-state index is -0.496. The number of nitro benzene ring substituents is 1. The summed E-state index contributed by atoms with van der Waals surface area (Å²) in [6, 6.07) is 21.1. The van der Waals surface area contributed by atoms with Crippen LogP contribution in [-0.2, 0) is 4.74 Å². The molecule has 0 fully saturated rings. The smallest absolute Gasteiger partial charge is 0.407 e. The van der Waals surface area contributed by atoms with Crippen LogP contribution in [0.15, 0.2) is 72.8 Å². The summed E-state index contributed by atoms with van der Waals surface area (Å²) in [4.78, 5) is 22.9. The van der Waals surface area contributed by atoms with Crippen molar-refractivity contribution in [3.05, 3.63) is 99.6 Å². The summed E-state index contributed by atoms with van der Waals surface area (Å²) in [6.45, 7) is 0.606. The number of nitro groups is 1. The molecule has 0 unspecified atom stereocenters. The maximum atomic E-state index is 12.2. The van der Waals surface area contributed by atoms with Gasteiger partial charge in [-0.3, -0.25) is 10.1 Å². The largest absolute Gasteiger partial charge is 0.449 e. The highest BCUT2D eigenvalue weighted by atomic mass is 16.6. The van der Waals surface area contributed by atoms with Crippen molar-refractivity contribution in [2.75, 3.05) is 18.9 Å². The van der Waals surface area contributed by atoms with Gasteiger partial charge in [0, 0.05) is 12.5 Å². The molecule has 3 N–H and O–H groups in total. The van der Waals surface area contributed by atoms with Gasteiger partial charge in [0.25, 0.3) is 5.69 Å². The molecular formula is C25H23N3O4. The fourth-order valence-corrected chi connectivity index (χ4v) is 4.04. The minimum Gasteiger partial charge on any atom is -0.449 e. The molecule has 162 valence electrons. The molecule has 1 amide bonds. The molecule has 0 atom stereocenters. The Morgan fingerprint density at radius 2 is 1.69 bits per heavy atom. The molecule has 0 radical (unpaired) electrons. The highest BCUT2D eigenvalue weighted by Gasteiger charge is 2.28. The van der Waals surface area contributed by atoms with Crippen LogP contribution in [0.3, 0.4) is 0 Å². The minimum absolute atomic E-state index is 0.0112. The van der Waals surface area contributed by atoms with Crippen molar-refractivity contribution < 1.29 is 14.5 Å². The monoisotopic (exact) mass is 429 g/mol. The van der Waals surface area contributed by atoms with E-state index in [4.69, 9.17) is 10.5 Å². The second kappa shape index (κ2) is 9.34. The van der Waals surface area contributed by atoms with E-state index >= 15 is 0 Å². The van der Waals surface area contributed by atoms with Crippen molar-refractivity contribution in [2.24, 2.45) is 0 Å². The zero-order valence-electron chi connectivity index (χ0n) is 17.4. The lowest BCUT2D eigenvalue weighted by Crippen LogP contribution is -2.26. The summed E-state index contributed by atoms with van der Waals surface area (Å²) >= 11 is 0. The molecule has 0 spiro atoms. The number of nitrogens with one attached hydrogen (secondary N) is 1. The van der Waals surface area contributed by atoms with Gasteiger partial charge in [-0.15, -0.1) is 0 Å². The van der Waals surface area contributed by atoms with Crippen molar-refractivity contribution in [3.8, 4) is 11.1 Å². The van der Waals surface area contributed by atoms with Gasteiger partial charge >= 0.3 is 6.09 Å². The standard InChI is InChI=1S/C25H23N3O4/c26-23-14-7-9-17(24(23)28(30)31)8-5-6-15-27-25(29)32-16-22-20-12-3-1-10-18(20)19-11-2-4-13-21(19)22/h1-5,7-14,22H,6,15-16,26H2,(H,27,29). The van der Waals surface area contributed by atoms with Gasteiger partial charge in [0.2, 0.25) is 0 Å². The van der Waals surface area contributed by atoms with Crippen LogP contribution in [0.2, 0.25) is 0 Å². The van der Waals surface area contributed by atoms with Gasteiger partial charge in [-0.25, -0.2) is 4.79 Å². The number of fused-ring (bicyclic) bond motifs is 3. The number of carbonyl (C=O) groups excluding carboxylic acids is 1. The molecule has 0 bridgehead atoms. The van der Waals surface area contributed by atoms with E-state index in [1.54, 1.807) is 24.3 Å². The van der Waals surface area contributed by atoms with Gasteiger partial charge in [-0.2, -0.15) is 0 Å².